The standard InChI is InChI=1S/C15H9Cl2F2N/c16-10-6-12(17)11-4-5-20(14(11)7-10)8-9-2-1-3-13(18)15(9)19/h1-7H,8H2. The Labute approximate surface area is 124 Å². The van der Waals surface area contributed by atoms with Gasteiger partial charge in [-0.2, -0.15) is 0 Å². The molecule has 1 heterocycles. The topological polar surface area (TPSA) is 4.93 Å². The molecule has 0 fully saturated rings. The number of halogens is 4. The minimum absolute atomic E-state index is 0.212. The highest BCUT2D eigenvalue weighted by molar-refractivity contribution is 6.38. The van der Waals surface area contributed by atoms with Crippen LogP contribution in [-0.4, -0.2) is 4.57 Å². The lowest BCUT2D eigenvalue weighted by molar-refractivity contribution is 0.496. The summed E-state index contributed by atoms with van der Waals surface area (Å²) in [6, 6.07) is 9.36. The van der Waals surface area contributed by atoms with Gasteiger partial charge < -0.3 is 4.57 Å². The van der Waals surface area contributed by atoms with Crippen molar-refractivity contribution >= 4 is 34.1 Å². The van der Waals surface area contributed by atoms with Crippen LogP contribution in [0.25, 0.3) is 10.9 Å². The van der Waals surface area contributed by atoms with Gasteiger partial charge in [-0.25, -0.2) is 8.78 Å². The van der Waals surface area contributed by atoms with Crippen molar-refractivity contribution in [1.29, 1.82) is 0 Å². The van der Waals surface area contributed by atoms with E-state index < -0.39 is 11.6 Å². The largest absolute Gasteiger partial charge is 0.343 e. The van der Waals surface area contributed by atoms with E-state index in [1.54, 1.807) is 29.0 Å². The molecule has 20 heavy (non-hydrogen) atoms. The Morgan fingerprint density at radius 1 is 1.05 bits per heavy atom. The second-order valence-corrected chi connectivity index (χ2v) is 5.32. The van der Waals surface area contributed by atoms with Gasteiger partial charge in [-0.15, -0.1) is 0 Å². The van der Waals surface area contributed by atoms with Crippen molar-refractivity contribution in [3.05, 3.63) is 69.8 Å². The van der Waals surface area contributed by atoms with Gasteiger partial charge in [-0.3, -0.25) is 0 Å². The summed E-state index contributed by atoms with van der Waals surface area (Å²) in [4.78, 5) is 0. The summed E-state index contributed by atoms with van der Waals surface area (Å²) in [5, 5.41) is 1.86. The Kier molecular flexibility index (Phi) is 3.40. The first-order valence-corrected chi connectivity index (χ1v) is 6.68. The molecule has 0 aliphatic heterocycles. The van der Waals surface area contributed by atoms with Crippen molar-refractivity contribution < 1.29 is 8.78 Å². The first-order chi connectivity index (χ1) is 9.56. The summed E-state index contributed by atoms with van der Waals surface area (Å²) < 4.78 is 28.7. The van der Waals surface area contributed by atoms with Crippen molar-refractivity contribution in [3.8, 4) is 0 Å². The molecule has 2 aromatic carbocycles. The van der Waals surface area contributed by atoms with Crippen molar-refractivity contribution in [2.75, 3.05) is 0 Å². The van der Waals surface area contributed by atoms with Crippen LogP contribution in [0.1, 0.15) is 5.56 Å². The number of hydrogen-bond acceptors (Lipinski definition) is 0. The molecule has 0 bridgehead atoms. The van der Waals surface area contributed by atoms with Crippen LogP contribution in [-0.2, 0) is 6.54 Å². The molecular formula is C15H9Cl2F2N. The van der Waals surface area contributed by atoms with E-state index in [0.717, 1.165) is 17.0 Å². The maximum atomic E-state index is 13.7. The van der Waals surface area contributed by atoms with E-state index >= 15 is 0 Å². The number of rotatable bonds is 2. The molecular weight excluding hydrogens is 303 g/mol. The van der Waals surface area contributed by atoms with Gasteiger partial charge in [-0.05, 0) is 24.3 Å². The van der Waals surface area contributed by atoms with Crippen LogP contribution in [0.2, 0.25) is 10.0 Å². The molecule has 102 valence electrons. The average Bonchev–Trinajstić information content (AvgIpc) is 2.78. The van der Waals surface area contributed by atoms with E-state index in [1.165, 1.54) is 6.07 Å². The molecule has 3 rings (SSSR count). The third-order valence-electron chi connectivity index (χ3n) is 3.18. The molecule has 0 saturated carbocycles. The first kappa shape index (κ1) is 13.4. The molecule has 1 aromatic heterocycles. The van der Waals surface area contributed by atoms with Crippen molar-refractivity contribution in [3.63, 3.8) is 0 Å². The summed E-state index contributed by atoms with van der Waals surface area (Å²) in [5.41, 5.74) is 1.06. The molecule has 0 spiro atoms. The molecule has 0 atom stereocenters. The molecule has 0 unspecified atom stereocenters. The minimum atomic E-state index is -0.852. The van der Waals surface area contributed by atoms with Crippen LogP contribution >= 0.6 is 23.2 Å². The first-order valence-electron chi connectivity index (χ1n) is 5.93. The van der Waals surface area contributed by atoms with Gasteiger partial charge >= 0.3 is 0 Å². The summed E-state index contributed by atoms with van der Waals surface area (Å²) >= 11 is 12.1. The van der Waals surface area contributed by atoms with Crippen LogP contribution in [0.15, 0.2) is 42.6 Å². The number of nitrogens with zero attached hydrogens (tertiary/aromatic N) is 1. The molecule has 0 amide bonds. The van der Waals surface area contributed by atoms with Crippen molar-refractivity contribution in [1.82, 2.24) is 4.57 Å². The summed E-state index contributed by atoms with van der Waals surface area (Å²) in [7, 11) is 0. The second kappa shape index (κ2) is 5.08. The molecule has 0 radical (unpaired) electrons. The van der Waals surface area contributed by atoms with Crippen LogP contribution < -0.4 is 0 Å². The normalized spacial score (nSPS) is 11.2. The Bertz CT molecular complexity index is 796. The van der Waals surface area contributed by atoms with E-state index in [2.05, 4.69) is 0 Å². The number of fused-ring (bicyclic) bond motifs is 1. The van der Waals surface area contributed by atoms with E-state index in [9.17, 15) is 8.78 Å². The molecule has 0 N–H and O–H groups in total. The Morgan fingerprint density at radius 3 is 2.65 bits per heavy atom. The Morgan fingerprint density at radius 2 is 1.85 bits per heavy atom. The monoisotopic (exact) mass is 311 g/mol. The number of aromatic nitrogens is 1. The fourth-order valence-corrected chi connectivity index (χ4v) is 2.76. The zero-order valence-electron chi connectivity index (χ0n) is 10.2. The van der Waals surface area contributed by atoms with Gasteiger partial charge in [0.1, 0.15) is 0 Å². The Hall–Kier alpha value is -1.58. The number of hydrogen-bond donors (Lipinski definition) is 0. The molecule has 0 saturated heterocycles. The molecule has 0 aliphatic rings. The van der Waals surface area contributed by atoms with E-state index in [4.69, 9.17) is 23.2 Å². The van der Waals surface area contributed by atoms with Crippen LogP contribution in [0.4, 0.5) is 8.78 Å². The smallest absolute Gasteiger partial charge is 0.163 e. The lowest BCUT2D eigenvalue weighted by Crippen LogP contribution is -2.02. The zero-order chi connectivity index (χ0) is 14.3. The predicted octanol–water partition coefficient (Wildman–Crippen LogP) is 5.27. The lowest BCUT2D eigenvalue weighted by Gasteiger charge is -2.08. The maximum absolute atomic E-state index is 13.7. The summed E-state index contributed by atoms with van der Waals surface area (Å²) in [6.45, 7) is 0.212. The minimum Gasteiger partial charge on any atom is -0.343 e. The van der Waals surface area contributed by atoms with Crippen LogP contribution in [0.3, 0.4) is 0 Å². The Balaban J connectivity index is 2.09. The third-order valence-corrected chi connectivity index (χ3v) is 3.71. The van der Waals surface area contributed by atoms with Crippen molar-refractivity contribution in [2.24, 2.45) is 0 Å². The lowest BCUT2D eigenvalue weighted by atomic mass is 10.2. The van der Waals surface area contributed by atoms with E-state index in [0.29, 0.717) is 10.0 Å². The van der Waals surface area contributed by atoms with Crippen molar-refractivity contribution in [2.45, 2.75) is 6.54 Å². The van der Waals surface area contributed by atoms with Crippen LogP contribution in [0.5, 0.6) is 0 Å². The zero-order valence-corrected chi connectivity index (χ0v) is 11.7. The maximum Gasteiger partial charge on any atom is 0.163 e. The molecule has 3 aromatic rings. The fraction of sp³-hybridized carbons (Fsp3) is 0.0667. The summed E-state index contributed by atoms with van der Waals surface area (Å²) in [5.74, 6) is -1.68. The fourth-order valence-electron chi connectivity index (χ4n) is 2.21. The summed E-state index contributed by atoms with van der Waals surface area (Å²) in [6.07, 6.45) is 1.78. The van der Waals surface area contributed by atoms with Gasteiger partial charge in [-0.1, -0.05) is 35.3 Å². The quantitative estimate of drug-likeness (QED) is 0.607. The third kappa shape index (κ3) is 2.28. The molecule has 5 heteroatoms. The van der Waals surface area contributed by atoms with Gasteiger partial charge in [0.25, 0.3) is 0 Å². The molecule has 0 aliphatic carbocycles. The highest BCUT2D eigenvalue weighted by Gasteiger charge is 2.11. The predicted molar refractivity (Wildman–Crippen MR) is 77.4 cm³/mol. The van der Waals surface area contributed by atoms with E-state index in [1.807, 2.05) is 6.07 Å². The van der Waals surface area contributed by atoms with E-state index in [-0.39, 0.29) is 12.1 Å². The van der Waals surface area contributed by atoms with Gasteiger partial charge in [0, 0.05) is 22.2 Å². The highest BCUT2D eigenvalue weighted by Crippen LogP contribution is 2.29. The van der Waals surface area contributed by atoms with Gasteiger partial charge in [0.15, 0.2) is 11.6 Å². The molecule has 1 nitrogen and oxygen atoms in total. The second-order valence-electron chi connectivity index (χ2n) is 4.48. The number of benzene rings is 2. The van der Waals surface area contributed by atoms with Gasteiger partial charge in [0.2, 0.25) is 0 Å². The average molecular weight is 312 g/mol. The highest BCUT2D eigenvalue weighted by atomic mass is 35.5. The van der Waals surface area contributed by atoms with Gasteiger partial charge in [0.05, 0.1) is 17.1 Å². The van der Waals surface area contributed by atoms with Crippen LogP contribution in [0, 0.1) is 11.6 Å². The SMILES string of the molecule is Fc1cccc(Cn2ccc3c(Cl)cc(Cl)cc32)c1F.